The Bertz CT molecular complexity index is 449. The maximum atomic E-state index is 11.8. The second kappa shape index (κ2) is 6.22. The molecule has 108 valence electrons. The Labute approximate surface area is 119 Å². The van der Waals surface area contributed by atoms with Crippen LogP contribution in [0.5, 0.6) is 0 Å². The summed E-state index contributed by atoms with van der Waals surface area (Å²) in [5, 5.41) is 2.91. The molecule has 2 fully saturated rings. The maximum absolute atomic E-state index is 11.8. The van der Waals surface area contributed by atoms with E-state index in [2.05, 4.69) is 15.2 Å². The molecule has 20 heavy (non-hydrogen) atoms. The smallest absolute Gasteiger partial charge is 0.249 e. The number of nitrogens with one attached hydrogen (secondary N) is 1. The molecule has 0 aliphatic carbocycles. The first-order valence-corrected chi connectivity index (χ1v) is 7.42. The fourth-order valence-corrected chi connectivity index (χ4v) is 2.74. The number of aromatic nitrogens is 1. The Morgan fingerprint density at radius 2 is 2.20 bits per heavy atom. The summed E-state index contributed by atoms with van der Waals surface area (Å²) in [6, 6.07) is 4.08. The molecular weight excluding hydrogens is 254 g/mol. The van der Waals surface area contributed by atoms with E-state index in [-0.39, 0.29) is 12.0 Å². The molecule has 5 heteroatoms. The highest BCUT2D eigenvalue weighted by atomic mass is 16.5. The molecular formula is C15H21N3O2. The summed E-state index contributed by atoms with van der Waals surface area (Å²) in [5.74, 6) is 1.03. The molecule has 1 N–H and O–H groups in total. The van der Waals surface area contributed by atoms with Crippen molar-refractivity contribution in [2.45, 2.75) is 38.3 Å². The average molecular weight is 275 g/mol. The molecule has 0 bridgehead atoms. The standard InChI is InChI=1S/C15H21N3O2/c19-15(13-4-3-9-20-13)17-11-12-5-6-14(16-10-12)18-7-1-2-8-18/h5-6,10,13H,1-4,7-9,11H2,(H,17,19). The van der Waals surface area contributed by atoms with Gasteiger partial charge >= 0.3 is 0 Å². The molecule has 2 saturated heterocycles. The van der Waals surface area contributed by atoms with Crippen molar-refractivity contribution in [2.75, 3.05) is 24.6 Å². The van der Waals surface area contributed by atoms with Crippen LogP contribution in [0.1, 0.15) is 31.2 Å². The molecule has 3 rings (SSSR count). The number of anilines is 1. The van der Waals surface area contributed by atoms with Gasteiger partial charge in [0, 0.05) is 32.4 Å². The van der Waals surface area contributed by atoms with E-state index in [1.165, 1.54) is 12.8 Å². The fraction of sp³-hybridized carbons (Fsp3) is 0.600. The number of hydrogen-bond acceptors (Lipinski definition) is 4. The summed E-state index contributed by atoms with van der Waals surface area (Å²) < 4.78 is 5.36. The number of pyridine rings is 1. The molecule has 2 aliphatic rings. The molecule has 1 atom stereocenters. The molecule has 5 nitrogen and oxygen atoms in total. The lowest BCUT2D eigenvalue weighted by Gasteiger charge is -2.16. The maximum Gasteiger partial charge on any atom is 0.249 e. The van der Waals surface area contributed by atoms with Crippen LogP contribution in [-0.2, 0) is 16.1 Å². The van der Waals surface area contributed by atoms with Crippen molar-refractivity contribution >= 4 is 11.7 Å². The van der Waals surface area contributed by atoms with E-state index >= 15 is 0 Å². The van der Waals surface area contributed by atoms with E-state index in [0.29, 0.717) is 13.2 Å². The van der Waals surface area contributed by atoms with Crippen LogP contribution in [0.25, 0.3) is 0 Å². The number of hydrogen-bond donors (Lipinski definition) is 1. The first-order chi connectivity index (χ1) is 9.83. The lowest BCUT2D eigenvalue weighted by molar-refractivity contribution is -0.130. The van der Waals surface area contributed by atoms with Crippen LogP contribution in [0.3, 0.4) is 0 Å². The molecule has 0 aromatic carbocycles. The minimum atomic E-state index is -0.258. The van der Waals surface area contributed by atoms with Gasteiger partial charge in [-0.1, -0.05) is 6.07 Å². The summed E-state index contributed by atoms with van der Waals surface area (Å²) in [4.78, 5) is 18.6. The van der Waals surface area contributed by atoms with E-state index in [1.54, 1.807) is 0 Å². The highest BCUT2D eigenvalue weighted by Crippen LogP contribution is 2.17. The van der Waals surface area contributed by atoms with Gasteiger partial charge < -0.3 is 15.0 Å². The Hall–Kier alpha value is -1.62. The third-order valence-electron chi connectivity index (χ3n) is 3.93. The zero-order valence-corrected chi connectivity index (χ0v) is 11.7. The van der Waals surface area contributed by atoms with Crippen LogP contribution in [0, 0.1) is 0 Å². The van der Waals surface area contributed by atoms with Crippen LogP contribution in [-0.4, -0.2) is 36.7 Å². The van der Waals surface area contributed by atoms with Gasteiger partial charge in [0.15, 0.2) is 0 Å². The van der Waals surface area contributed by atoms with Gasteiger partial charge in [0.25, 0.3) is 0 Å². The first-order valence-electron chi connectivity index (χ1n) is 7.42. The van der Waals surface area contributed by atoms with E-state index in [4.69, 9.17) is 4.74 Å². The van der Waals surface area contributed by atoms with Crippen LogP contribution in [0.2, 0.25) is 0 Å². The number of ether oxygens (including phenoxy) is 1. The zero-order valence-electron chi connectivity index (χ0n) is 11.7. The largest absolute Gasteiger partial charge is 0.368 e. The summed E-state index contributed by atoms with van der Waals surface area (Å²) in [7, 11) is 0. The number of carbonyl (C=O) groups excluding carboxylic acids is 1. The molecule has 0 spiro atoms. The predicted octanol–water partition coefficient (Wildman–Crippen LogP) is 1.48. The fourth-order valence-electron chi connectivity index (χ4n) is 2.74. The van der Waals surface area contributed by atoms with E-state index < -0.39 is 0 Å². The Morgan fingerprint density at radius 1 is 1.35 bits per heavy atom. The Kier molecular flexibility index (Phi) is 4.16. The van der Waals surface area contributed by atoms with Crippen LogP contribution < -0.4 is 10.2 Å². The van der Waals surface area contributed by atoms with Gasteiger partial charge in [0.1, 0.15) is 11.9 Å². The monoisotopic (exact) mass is 275 g/mol. The van der Waals surface area contributed by atoms with Gasteiger partial charge in [-0.3, -0.25) is 4.79 Å². The Balaban J connectivity index is 1.51. The summed E-state index contributed by atoms with van der Waals surface area (Å²) in [6.07, 6.45) is 5.90. The van der Waals surface area contributed by atoms with Crippen LogP contribution >= 0.6 is 0 Å². The van der Waals surface area contributed by atoms with Crippen molar-refractivity contribution in [1.82, 2.24) is 10.3 Å². The van der Waals surface area contributed by atoms with Gasteiger partial charge in [-0.2, -0.15) is 0 Å². The molecule has 0 radical (unpaired) electrons. The molecule has 1 amide bonds. The topological polar surface area (TPSA) is 54.5 Å². The van der Waals surface area contributed by atoms with E-state index in [1.807, 2.05) is 18.3 Å². The van der Waals surface area contributed by atoms with Crippen molar-refractivity contribution in [3.05, 3.63) is 23.9 Å². The molecule has 1 unspecified atom stereocenters. The van der Waals surface area contributed by atoms with Crippen molar-refractivity contribution in [2.24, 2.45) is 0 Å². The molecule has 1 aromatic rings. The molecule has 2 aliphatic heterocycles. The summed E-state index contributed by atoms with van der Waals surface area (Å²) >= 11 is 0. The lowest BCUT2D eigenvalue weighted by Crippen LogP contribution is -2.33. The number of nitrogens with zero attached hydrogens (tertiary/aromatic N) is 2. The Morgan fingerprint density at radius 3 is 2.85 bits per heavy atom. The first kappa shape index (κ1) is 13.4. The van der Waals surface area contributed by atoms with E-state index in [0.717, 1.165) is 37.3 Å². The van der Waals surface area contributed by atoms with Gasteiger partial charge in [-0.05, 0) is 37.3 Å². The third kappa shape index (κ3) is 3.10. The minimum Gasteiger partial charge on any atom is -0.368 e. The normalized spacial score (nSPS) is 22.2. The summed E-state index contributed by atoms with van der Waals surface area (Å²) in [5.41, 5.74) is 1.03. The highest BCUT2D eigenvalue weighted by molar-refractivity contribution is 5.80. The quantitative estimate of drug-likeness (QED) is 0.904. The van der Waals surface area contributed by atoms with Crippen LogP contribution in [0.4, 0.5) is 5.82 Å². The van der Waals surface area contributed by atoms with Gasteiger partial charge in [0.05, 0.1) is 0 Å². The molecule has 3 heterocycles. The van der Waals surface area contributed by atoms with Crippen molar-refractivity contribution in [1.29, 1.82) is 0 Å². The highest BCUT2D eigenvalue weighted by Gasteiger charge is 2.23. The number of amides is 1. The zero-order chi connectivity index (χ0) is 13.8. The third-order valence-corrected chi connectivity index (χ3v) is 3.93. The lowest BCUT2D eigenvalue weighted by atomic mass is 10.2. The van der Waals surface area contributed by atoms with Crippen molar-refractivity contribution in [3.8, 4) is 0 Å². The second-order valence-electron chi connectivity index (χ2n) is 5.44. The average Bonchev–Trinajstić information content (AvgIpc) is 3.18. The number of carbonyl (C=O) groups is 1. The van der Waals surface area contributed by atoms with Gasteiger partial charge in [-0.25, -0.2) is 4.98 Å². The van der Waals surface area contributed by atoms with E-state index in [9.17, 15) is 4.79 Å². The number of rotatable bonds is 4. The van der Waals surface area contributed by atoms with Crippen molar-refractivity contribution < 1.29 is 9.53 Å². The minimum absolute atomic E-state index is 0.00822. The van der Waals surface area contributed by atoms with Crippen molar-refractivity contribution in [3.63, 3.8) is 0 Å². The molecule has 0 saturated carbocycles. The van der Waals surface area contributed by atoms with Crippen LogP contribution in [0.15, 0.2) is 18.3 Å². The SMILES string of the molecule is O=C(NCc1ccc(N2CCCC2)nc1)C1CCCO1. The van der Waals surface area contributed by atoms with Gasteiger partial charge in [0.2, 0.25) is 5.91 Å². The molecule has 1 aromatic heterocycles. The van der Waals surface area contributed by atoms with Gasteiger partial charge in [-0.15, -0.1) is 0 Å². The summed E-state index contributed by atoms with van der Waals surface area (Å²) in [6.45, 7) is 3.42. The predicted molar refractivity (Wildman–Crippen MR) is 76.5 cm³/mol. The second-order valence-corrected chi connectivity index (χ2v) is 5.44.